The van der Waals surface area contributed by atoms with Crippen molar-refractivity contribution >= 4 is 27.5 Å². The Bertz CT molecular complexity index is 960. The van der Waals surface area contributed by atoms with Gasteiger partial charge in [-0.2, -0.15) is 0 Å². The Balaban J connectivity index is 1.94. The minimum atomic E-state index is -3.88. The van der Waals surface area contributed by atoms with Crippen molar-refractivity contribution in [3.63, 3.8) is 0 Å². The Morgan fingerprint density at radius 1 is 1.27 bits per heavy atom. The molecule has 1 aliphatic heterocycles. The molecule has 138 valence electrons. The number of ether oxygens (including phenoxy) is 1. The molecule has 0 radical (unpaired) electrons. The van der Waals surface area contributed by atoms with Crippen LogP contribution in [-0.2, 0) is 21.2 Å². The first-order valence-corrected chi connectivity index (χ1v) is 9.58. The van der Waals surface area contributed by atoms with Crippen molar-refractivity contribution in [2.24, 2.45) is 0 Å². The number of carbonyl (C=O) groups excluding carboxylic acids is 1. The first kappa shape index (κ1) is 18.2. The van der Waals surface area contributed by atoms with Crippen molar-refractivity contribution in [2.45, 2.75) is 24.7 Å². The number of benzene rings is 2. The van der Waals surface area contributed by atoms with Gasteiger partial charge in [-0.05, 0) is 55.7 Å². The summed E-state index contributed by atoms with van der Waals surface area (Å²) in [6.45, 7) is 2.03. The van der Waals surface area contributed by atoms with Crippen LogP contribution in [0.4, 0.5) is 20.6 Å². The van der Waals surface area contributed by atoms with Gasteiger partial charge in [0.25, 0.3) is 10.0 Å². The summed E-state index contributed by atoms with van der Waals surface area (Å²) in [6.07, 6.45) is 0.891. The van der Waals surface area contributed by atoms with Crippen LogP contribution in [-0.4, -0.2) is 28.2 Å². The van der Waals surface area contributed by atoms with E-state index in [4.69, 9.17) is 4.74 Å². The molecule has 6 nitrogen and oxygen atoms in total. The van der Waals surface area contributed by atoms with E-state index in [1.165, 1.54) is 43.2 Å². The Morgan fingerprint density at radius 2 is 2.04 bits per heavy atom. The zero-order valence-electron chi connectivity index (χ0n) is 14.5. The molecule has 0 aromatic heterocycles. The topological polar surface area (TPSA) is 75.7 Å². The Morgan fingerprint density at radius 3 is 2.77 bits per heavy atom. The highest BCUT2D eigenvalue weighted by molar-refractivity contribution is 7.92. The smallest absolute Gasteiger partial charge is 0.414 e. The van der Waals surface area contributed by atoms with E-state index in [0.29, 0.717) is 25.1 Å². The number of fused-ring (bicyclic) bond motifs is 1. The third-order valence-corrected chi connectivity index (χ3v) is 5.75. The van der Waals surface area contributed by atoms with Crippen LogP contribution in [0.5, 0.6) is 0 Å². The van der Waals surface area contributed by atoms with Gasteiger partial charge in [0, 0.05) is 12.1 Å². The van der Waals surface area contributed by atoms with E-state index in [9.17, 15) is 17.6 Å². The molecular weight excluding hydrogens is 359 g/mol. The lowest BCUT2D eigenvalue weighted by Gasteiger charge is -2.28. The van der Waals surface area contributed by atoms with Crippen molar-refractivity contribution in [1.82, 2.24) is 0 Å². The van der Waals surface area contributed by atoms with Crippen LogP contribution < -0.4 is 9.62 Å². The summed E-state index contributed by atoms with van der Waals surface area (Å²) in [5.74, 6) is -0.482. The lowest BCUT2D eigenvalue weighted by Crippen LogP contribution is -2.35. The fourth-order valence-electron chi connectivity index (χ4n) is 2.96. The second kappa shape index (κ2) is 6.95. The highest BCUT2D eigenvalue weighted by Crippen LogP contribution is 2.31. The summed E-state index contributed by atoms with van der Waals surface area (Å²) < 4.78 is 46.2. The summed E-state index contributed by atoms with van der Waals surface area (Å²) in [4.78, 5) is 13.4. The van der Waals surface area contributed by atoms with Crippen LogP contribution in [0.3, 0.4) is 0 Å². The Kier molecular flexibility index (Phi) is 4.86. The molecule has 0 spiro atoms. The molecule has 0 unspecified atom stereocenters. The fourth-order valence-corrected chi connectivity index (χ4v) is 4.14. The molecule has 3 rings (SSSR count). The van der Waals surface area contributed by atoms with Crippen LogP contribution in [0.2, 0.25) is 0 Å². The number of methoxy groups -OCH3 is 1. The van der Waals surface area contributed by atoms with Gasteiger partial charge >= 0.3 is 6.09 Å². The number of carbonyl (C=O) groups is 1. The minimum Gasteiger partial charge on any atom is -0.452 e. The minimum absolute atomic E-state index is 0.0617. The van der Waals surface area contributed by atoms with Gasteiger partial charge in [-0.3, -0.25) is 9.62 Å². The number of nitrogens with zero attached hydrogens (tertiary/aromatic N) is 1. The molecule has 1 amide bonds. The highest BCUT2D eigenvalue weighted by atomic mass is 32.2. The number of rotatable bonds is 3. The maximum atomic E-state index is 13.7. The van der Waals surface area contributed by atoms with Crippen LogP contribution in [0.1, 0.15) is 17.5 Å². The van der Waals surface area contributed by atoms with E-state index >= 15 is 0 Å². The van der Waals surface area contributed by atoms with Gasteiger partial charge < -0.3 is 4.74 Å². The SMILES string of the molecule is COC(=O)N1CCCc2cc(S(=O)(=O)Nc3cccc(F)c3C)ccc21. The largest absolute Gasteiger partial charge is 0.452 e. The molecule has 0 atom stereocenters. The van der Waals surface area contributed by atoms with Gasteiger partial charge in [0.05, 0.1) is 23.4 Å². The number of hydrogen-bond donors (Lipinski definition) is 1. The van der Waals surface area contributed by atoms with Gasteiger partial charge in [-0.25, -0.2) is 17.6 Å². The van der Waals surface area contributed by atoms with Crippen molar-refractivity contribution < 1.29 is 22.3 Å². The second-order valence-corrected chi connectivity index (χ2v) is 7.72. The molecule has 0 fully saturated rings. The van der Waals surface area contributed by atoms with E-state index in [0.717, 1.165) is 5.56 Å². The molecule has 0 bridgehead atoms. The Hall–Kier alpha value is -2.61. The maximum absolute atomic E-state index is 13.7. The average Bonchev–Trinajstić information content (AvgIpc) is 2.63. The molecule has 1 N–H and O–H groups in total. The number of hydrogen-bond acceptors (Lipinski definition) is 4. The quantitative estimate of drug-likeness (QED) is 0.888. The molecule has 0 aliphatic carbocycles. The van der Waals surface area contributed by atoms with E-state index in [2.05, 4.69) is 4.72 Å². The number of halogens is 1. The van der Waals surface area contributed by atoms with Gasteiger partial charge in [-0.15, -0.1) is 0 Å². The number of aryl methyl sites for hydroxylation is 1. The molecule has 8 heteroatoms. The standard InChI is InChI=1S/C18H19FN2O4S/c1-12-15(19)6-3-7-16(12)20-26(23,24)14-8-9-17-13(11-14)5-4-10-21(17)18(22)25-2/h3,6-9,11,20H,4-5,10H2,1-2H3. The van der Waals surface area contributed by atoms with Gasteiger partial charge in [0.1, 0.15) is 5.82 Å². The number of amides is 1. The predicted molar refractivity (Wildman–Crippen MR) is 96.5 cm³/mol. The third kappa shape index (κ3) is 3.37. The highest BCUT2D eigenvalue weighted by Gasteiger charge is 2.25. The van der Waals surface area contributed by atoms with Gasteiger partial charge in [-0.1, -0.05) is 6.07 Å². The fraction of sp³-hybridized carbons (Fsp3) is 0.278. The van der Waals surface area contributed by atoms with Gasteiger partial charge in [0.2, 0.25) is 0 Å². The molecule has 0 saturated heterocycles. The summed E-state index contributed by atoms with van der Waals surface area (Å²) in [5, 5.41) is 0. The summed E-state index contributed by atoms with van der Waals surface area (Å²) >= 11 is 0. The molecule has 1 heterocycles. The third-order valence-electron chi connectivity index (χ3n) is 4.39. The van der Waals surface area contributed by atoms with E-state index in [-0.39, 0.29) is 16.1 Å². The average molecular weight is 378 g/mol. The molecule has 26 heavy (non-hydrogen) atoms. The summed E-state index contributed by atoms with van der Waals surface area (Å²) in [7, 11) is -2.57. The number of anilines is 2. The number of nitrogens with one attached hydrogen (secondary N) is 1. The monoisotopic (exact) mass is 378 g/mol. The first-order valence-electron chi connectivity index (χ1n) is 8.10. The van der Waals surface area contributed by atoms with E-state index in [1.807, 2.05) is 0 Å². The van der Waals surface area contributed by atoms with Crippen LogP contribution in [0, 0.1) is 12.7 Å². The molecule has 1 aliphatic rings. The lowest BCUT2D eigenvalue weighted by atomic mass is 10.0. The van der Waals surface area contributed by atoms with E-state index < -0.39 is 21.9 Å². The van der Waals surface area contributed by atoms with Crippen molar-refractivity contribution in [3.05, 3.63) is 53.3 Å². The molecular formula is C18H19FN2O4S. The first-order chi connectivity index (χ1) is 12.3. The zero-order chi connectivity index (χ0) is 18.9. The van der Waals surface area contributed by atoms with Crippen LogP contribution in [0.15, 0.2) is 41.3 Å². The summed E-state index contributed by atoms with van der Waals surface area (Å²) in [6, 6.07) is 8.79. The van der Waals surface area contributed by atoms with Crippen molar-refractivity contribution in [2.75, 3.05) is 23.3 Å². The maximum Gasteiger partial charge on any atom is 0.414 e. The molecule has 2 aromatic rings. The van der Waals surface area contributed by atoms with Crippen LogP contribution in [0.25, 0.3) is 0 Å². The summed E-state index contributed by atoms with van der Waals surface area (Å²) in [5.41, 5.74) is 1.81. The lowest BCUT2D eigenvalue weighted by molar-refractivity contribution is 0.178. The number of sulfonamides is 1. The van der Waals surface area contributed by atoms with Gasteiger partial charge in [0.15, 0.2) is 0 Å². The molecule has 0 saturated carbocycles. The second-order valence-electron chi connectivity index (χ2n) is 6.03. The predicted octanol–water partition coefficient (Wildman–Crippen LogP) is 3.45. The normalized spacial score (nSPS) is 13.9. The van der Waals surface area contributed by atoms with Crippen molar-refractivity contribution in [1.29, 1.82) is 0 Å². The van der Waals surface area contributed by atoms with E-state index in [1.54, 1.807) is 12.1 Å². The van der Waals surface area contributed by atoms with Crippen molar-refractivity contribution in [3.8, 4) is 0 Å². The Labute approximate surface area is 151 Å². The molecule has 2 aromatic carbocycles. The van der Waals surface area contributed by atoms with Crippen LogP contribution >= 0.6 is 0 Å². The zero-order valence-corrected chi connectivity index (χ0v) is 15.3.